The van der Waals surface area contributed by atoms with Crippen molar-refractivity contribution in [1.82, 2.24) is 9.88 Å². The average Bonchev–Trinajstić information content (AvgIpc) is 3.23. The third-order valence-corrected chi connectivity index (χ3v) is 5.38. The molecule has 0 aliphatic heterocycles. The molecule has 1 N–H and O–H groups in total. The zero-order valence-corrected chi connectivity index (χ0v) is 17.9. The maximum Gasteiger partial charge on any atom is 0.244 e. The number of amides is 2. The minimum atomic E-state index is -0.215. The number of rotatable bonds is 9. The molecule has 0 atom stereocenters. The first kappa shape index (κ1) is 21.6. The number of oxazole rings is 1. The summed E-state index contributed by atoms with van der Waals surface area (Å²) in [6, 6.07) is 17.4. The molecule has 6 nitrogen and oxygen atoms in total. The largest absolute Gasteiger partial charge is 0.441 e. The monoisotopic (exact) mass is 423 g/mol. The zero-order valence-electron chi connectivity index (χ0n) is 17.1. The van der Waals surface area contributed by atoms with Gasteiger partial charge in [0.2, 0.25) is 11.8 Å². The van der Waals surface area contributed by atoms with Gasteiger partial charge in [-0.05, 0) is 24.8 Å². The van der Waals surface area contributed by atoms with Crippen molar-refractivity contribution in [1.29, 1.82) is 0 Å². The van der Waals surface area contributed by atoms with Crippen LogP contribution in [0.15, 0.2) is 70.1 Å². The molecule has 3 rings (SSSR count). The Bertz CT molecular complexity index is 988. The number of hydrogen-bond acceptors (Lipinski definition) is 5. The Morgan fingerprint density at radius 2 is 1.83 bits per heavy atom. The van der Waals surface area contributed by atoms with Gasteiger partial charge >= 0.3 is 0 Å². The number of nitrogens with zero attached hydrogens (tertiary/aromatic N) is 2. The first-order valence-electron chi connectivity index (χ1n) is 9.74. The second kappa shape index (κ2) is 10.6. The summed E-state index contributed by atoms with van der Waals surface area (Å²) >= 11 is 1.56. The molecule has 0 bridgehead atoms. The minimum Gasteiger partial charge on any atom is -0.441 e. The standard InChI is InChI=1S/C23H25N3O3S/c1-26(16-21(27)25-18-11-6-7-12-20(18)30-2)23(28)14-8-13-22-24-15-19(29-22)17-9-4-3-5-10-17/h3-7,9-12,15H,8,13-14,16H2,1-2H3,(H,25,27). The number of para-hydroxylation sites is 1. The lowest BCUT2D eigenvalue weighted by atomic mass is 10.2. The lowest BCUT2D eigenvalue weighted by Crippen LogP contribution is -2.34. The summed E-state index contributed by atoms with van der Waals surface area (Å²) in [6.45, 7) is 0.0126. The smallest absolute Gasteiger partial charge is 0.244 e. The van der Waals surface area contributed by atoms with Crippen molar-refractivity contribution in [2.45, 2.75) is 24.2 Å². The number of likely N-dealkylation sites (N-methyl/N-ethyl adjacent to an activating group) is 1. The highest BCUT2D eigenvalue weighted by atomic mass is 32.2. The molecule has 0 unspecified atom stereocenters. The van der Waals surface area contributed by atoms with Gasteiger partial charge in [0.25, 0.3) is 0 Å². The van der Waals surface area contributed by atoms with Crippen molar-refractivity contribution in [2.75, 3.05) is 25.2 Å². The first-order valence-corrected chi connectivity index (χ1v) is 11.0. The summed E-state index contributed by atoms with van der Waals surface area (Å²) in [4.78, 5) is 31.4. The summed E-state index contributed by atoms with van der Waals surface area (Å²) in [5.41, 5.74) is 1.73. The lowest BCUT2D eigenvalue weighted by Gasteiger charge is -2.17. The Morgan fingerprint density at radius 3 is 2.60 bits per heavy atom. The molecular formula is C23H25N3O3S. The zero-order chi connectivity index (χ0) is 21.3. The maximum absolute atomic E-state index is 12.4. The van der Waals surface area contributed by atoms with Gasteiger partial charge in [0, 0.05) is 30.3 Å². The number of thioether (sulfide) groups is 1. The van der Waals surface area contributed by atoms with E-state index in [0.29, 0.717) is 25.2 Å². The van der Waals surface area contributed by atoms with Gasteiger partial charge in [0.1, 0.15) is 0 Å². The van der Waals surface area contributed by atoms with Gasteiger partial charge in [-0.15, -0.1) is 11.8 Å². The number of nitrogens with one attached hydrogen (secondary N) is 1. The van der Waals surface area contributed by atoms with E-state index in [9.17, 15) is 9.59 Å². The van der Waals surface area contributed by atoms with E-state index in [0.717, 1.165) is 21.9 Å². The van der Waals surface area contributed by atoms with E-state index in [4.69, 9.17) is 4.42 Å². The fourth-order valence-corrected chi connectivity index (χ4v) is 3.54. The number of carbonyl (C=O) groups is 2. The van der Waals surface area contributed by atoms with Crippen molar-refractivity contribution in [3.63, 3.8) is 0 Å². The molecule has 0 aliphatic rings. The molecular weight excluding hydrogens is 398 g/mol. The fourth-order valence-electron chi connectivity index (χ4n) is 2.98. The van der Waals surface area contributed by atoms with Crippen molar-refractivity contribution in [3.8, 4) is 11.3 Å². The van der Waals surface area contributed by atoms with Gasteiger partial charge < -0.3 is 14.6 Å². The first-order chi connectivity index (χ1) is 14.6. The molecule has 0 radical (unpaired) electrons. The molecule has 0 fully saturated rings. The molecule has 3 aromatic rings. The highest BCUT2D eigenvalue weighted by Crippen LogP contribution is 2.24. The molecule has 1 heterocycles. The van der Waals surface area contributed by atoms with Crippen LogP contribution >= 0.6 is 11.8 Å². The van der Waals surface area contributed by atoms with Crippen molar-refractivity contribution in [2.24, 2.45) is 0 Å². The van der Waals surface area contributed by atoms with Crippen LogP contribution in [0.25, 0.3) is 11.3 Å². The molecule has 0 aliphatic carbocycles. The molecule has 1 aromatic heterocycles. The van der Waals surface area contributed by atoms with Crippen LogP contribution in [-0.4, -0.2) is 41.5 Å². The van der Waals surface area contributed by atoms with Crippen LogP contribution < -0.4 is 5.32 Å². The molecule has 7 heteroatoms. The Morgan fingerprint density at radius 1 is 1.10 bits per heavy atom. The van der Waals surface area contributed by atoms with E-state index < -0.39 is 0 Å². The highest BCUT2D eigenvalue weighted by molar-refractivity contribution is 7.98. The van der Waals surface area contributed by atoms with Crippen LogP contribution in [-0.2, 0) is 16.0 Å². The van der Waals surface area contributed by atoms with Gasteiger partial charge in [-0.3, -0.25) is 9.59 Å². The quantitative estimate of drug-likeness (QED) is 0.514. The predicted molar refractivity (Wildman–Crippen MR) is 119 cm³/mol. The lowest BCUT2D eigenvalue weighted by molar-refractivity contribution is -0.133. The van der Waals surface area contributed by atoms with Crippen LogP contribution in [0.1, 0.15) is 18.7 Å². The van der Waals surface area contributed by atoms with Gasteiger partial charge in [0.15, 0.2) is 11.7 Å². The van der Waals surface area contributed by atoms with Gasteiger partial charge in [-0.25, -0.2) is 4.98 Å². The Labute approximate surface area is 180 Å². The van der Waals surface area contributed by atoms with Gasteiger partial charge in [-0.2, -0.15) is 0 Å². The molecule has 156 valence electrons. The molecule has 30 heavy (non-hydrogen) atoms. The van der Waals surface area contributed by atoms with Crippen LogP contribution in [0.3, 0.4) is 0 Å². The van der Waals surface area contributed by atoms with E-state index >= 15 is 0 Å². The van der Waals surface area contributed by atoms with Crippen LogP contribution in [0.4, 0.5) is 5.69 Å². The van der Waals surface area contributed by atoms with E-state index in [1.165, 1.54) is 4.90 Å². The summed E-state index contributed by atoms with van der Waals surface area (Å²) < 4.78 is 5.76. The van der Waals surface area contributed by atoms with Crippen molar-refractivity contribution >= 4 is 29.3 Å². The Balaban J connectivity index is 1.43. The fraction of sp³-hybridized carbons (Fsp3) is 0.261. The molecule has 2 aromatic carbocycles. The number of aromatic nitrogens is 1. The molecule has 0 saturated carbocycles. The summed E-state index contributed by atoms with van der Waals surface area (Å²) in [5.74, 6) is 1.03. The van der Waals surface area contributed by atoms with E-state index in [1.54, 1.807) is 25.0 Å². The van der Waals surface area contributed by atoms with Crippen LogP contribution in [0, 0.1) is 0 Å². The average molecular weight is 424 g/mol. The maximum atomic E-state index is 12.4. The van der Waals surface area contributed by atoms with E-state index in [2.05, 4.69) is 10.3 Å². The Kier molecular flexibility index (Phi) is 7.68. The molecule has 0 saturated heterocycles. The molecule has 2 amide bonds. The third kappa shape index (κ3) is 5.97. The number of carbonyl (C=O) groups excluding carboxylic acids is 2. The summed E-state index contributed by atoms with van der Waals surface area (Å²) in [7, 11) is 1.64. The van der Waals surface area contributed by atoms with Gasteiger partial charge in [-0.1, -0.05) is 42.5 Å². The van der Waals surface area contributed by atoms with Crippen LogP contribution in [0.5, 0.6) is 0 Å². The minimum absolute atomic E-state index is 0.0126. The van der Waals surface area contributed by atoms with Crippen molar-refractivity contribution in [3.05, 3.63) is 66.7 Å². The second-order valence-corrected chi connectivity index (χ2v) is 7.68. The number of aryl methyl sites for hydroxylation is 1. The van der Waals surface area contributed by atoms with E-state index in [-0.39, 0.29) is 18.4 Å². The normalized spacial score (nSPS) is 10.6. The topological polar surface area (TPSA) is 75.4 Å². The van der Waals surface area contributed by atoms with Crippen molar-refractivity contribution < 1.29 is 14.0 Å². The number of anilines is 1. The summed E-state index contributed by atoms with van der Waals surface area (Å²) in [6.07, 6.45) is 5.16. The highest BCUT2D eigenvalue weighted by Gasteiger charge is 2.14. The van der Waals surface area contributed by atoms with E-state index in [1.807, 2.05) is 60.9 Å². The molecule has 0 spiro atoms. The Hall–Kier alpha value is -3.06. The van der Waals surface area contributed by atoms with Gasteiger partial charge in [0.05, 0.1) is 18.4 Å². The number of hydrogen-bond donors (Lipinski definition) is 1. The second-order valence-electron chi connectivity index (χ2n) is 6.84. The SMILES string of the molecule is CSc1ccccc1NC(=O)CN(C)C(=O)CCCc1ncc(-c2ccccc2)o1. The summed E-state index contributed by atoms with van der Waals surface area (Å²) in [5, 5.41) is 2.87. The predicted octanol–water partition coefficient (Wildman–Crippen LogP) is 4.48. The number of benzene rings is 2. The third-order valence-electron chi connectivity index (χ3n) is 4.58. The van der Waals surface area contributed by atoms with Crippen LogP contribution in [0.2, 0.25) is 0 Å².